The van der Waals surface area contributed by atoms with Crippen LogP contribution in [0.5, 0.6) is 0 Å². The van der Waals surface area contributed by atoms with Gasteiger partial charge in [-0.2, -0.15) is 0 Å². The molecule has 2 aromatic carbocycles. The maximum absolute atomic E-state index is 11.8. The number of para-hydroxylation sites is 2. The predicted molar refractivity (Wildman–Crippen MR) is 134 cm³/mol. The third-order valence-corrected chi connectivity index (χ3v) is 6.35. The summed E-state index contributed by atoms with van der Waals surface area (Å²) in [6.07, 6.45) is 5.84. The van der Waals surface area contributed by atoms with Gasteiger partial charge in [-0.3, -0.25) is 9.79 Å². The number of Topliss-reactive ketones (excluding diaryl/α,β-unsaturated/α-hetero) is 1. The summed E-state index contributed by atoms with van der Waals surface area (Å²) in [5, 5.41) is 1.08. The van der Waals surface area contributed by atoms with Crippen LogP contribution in [0.15, 0.2) is 64.6 Å². The van der Waals surface area contributed by atoms with Gasteiger partial charge in [0.25, 0.3) is 0 Å². The smallest absolute Gasteiger partial charge is 0.161 e. The van der Waals surface area contributed by atoms with E-state index in [1.807, 2.05) is 36.5 Å². The summed E-state index contributed by atoms with van der Waals surface area (Å²) in [4.78, 5) is 19.0. The number of benzene rings is 2. The molecule has 164 valence electrons. The Morgan fingerprint density at radius 1 is 1.10 bits per heavy atom. The summed E-state index contributed by atoms with van der Waals surface area (Å²) in [6, 6.07) is 15.8. The zero-order chi connectivity index (χ0) is 22.2. The van der Waals surface area contributed by atoms with Crippen molar-refractivity contribution >= 4 is 41.7 Å². The first-order valence-corrected chi connectivity index (χ1v) is 11.5. The van der Waals surface area contributed by atoms with E-state index in [2.05, 4.69) is 58.9 Å². The summed E-state index contributed by atoms with van der Waals surface area (Å²) in [6.45, 7) is 12.0. The highest BCUT2D eigenvalue weighted by molar-refractivity contribution is 7.80. The van der Waals surface area contributed by atoms with E-state index in [9.17, 15) is 4.79 Å². The third kappa shape index (κ3) is 6.31. The van der Waals surface area contributed by atoms with Crippen LogP contribution >= 0.6 is 12.6 Å². The summed E-state index contributed by atoms with van der Waals surface area (Å²) < 4.78 is 2.25. The van der Waals surface area contributed by atoms with Crippen molar-refractivity contribution in [2.45, 2.75) is 44.6 Å². The van der Waals surface area contributed by atoms with E-state index in [1.54, 1.807) is 6.92 Å². The number of thiol groups is 1. The maximum atomic E-state index is 11.8. The minimum atomic E-state index is 0.153. The molecule has 1 aliphatic heterocycles. The fourth-order valence-corrected chi connectivity index (χ4v) is 4.29. The normalized spacial score (nSPS) is 14.8. The molecule has 1 aliphatic rings. The lowest BCUT2D eigenvalue weighted by molar-refractivity contribution is 0.101. The molecule has 2 heterocycles. The Morgan fingerprint density at radius 2 is 1.77 bits per heavy atom. The van der Waals surface area contributed by atoms with Gasteiger partial charge in [0.15, 0.2) is 5.78 Å². The van der Waals surface area contributed by atoms with Crippen molar-refractivity contribution in [3.8, 4) is 0 Å². The Bertz CT molecular complexity index is 1020. The van der Waals surface area contributed by atoms with Gasteiger partial charge < -0.3 is 9.47 Å². The number of carbonyl (C=O) groups is 1. The molecule has 0 saturated carbocycles. The first-order chi connectivity index (χ1) is 15.0. The SMILES string of the molecule is C=Nc1ccccc1S.CC(=O)c1cn(CCCN2CCC(C)CC2)c2ccccc12. The molecule has 31 heavy (non-hydrogen) atoms. The Labute approximate surface area is 191 Å². The summed E-state index contributed by atoms with van der Waals surface area (Å²) >= 11 is 4.14. The molecule has 0 radical (unpaired) electrons. The van der Waals surface area contributed by atoms with Gasteiger partial charge in [-0.25, -0.2) is 0 Å². The van der Waals surface area contributed by atoms with Gasteiger partial charge in [0.1, 0.15) is 0 Å². The molecule has 0 N–H and O–H groups in total. The number of carbonyl (C=O) groups excluding carboxylic acids is 1. The Morgan fingerprint density at radius 3 is 2.42 bits per heavy atom. The average Bonchev–Trinajstić information content (AvgIpc) is 3.15. The zero-order valence-electron chi connectivity index (χ0n) is 18.6. The molecule has 1 saturated heterocycles. The first kappa shape index (κ1) is 23.3. The van der Waals surface area contributed by atoms with Crippen LogP contribution in [0.4, 0.5) is 5.69 Å². The van der Waals surface area contributed by atoms with Gasteiger partial charge in [-0.05, 0) is 76.7 Å². The lowest BCUT2D eigenvalue weighted by Gasteiger charge is -2.30. The number of rotatable bonds is 6. The number of hydrogen-bond donors (Lipinski definition) is 1. The minimum Gasteiger partial charge on any atom is -0.347 e. The number of likely N-dealkylation sites (tertiary alicyclic amines) is 1. The largest absolute Gasteiger partial charge is 0.347 e. The molecule has 3 aromatic rings. The van der Waals surface area contributed by atoms with E-state index in [0.29, 0.717) is 0 Å². The second kappa shape index (κ2) is 11.3. The molecule has 0 amide bonds. The van der Waals surface area contributed by atoms with E-state index in [-0.39, 0.29) is 5.78 Å². The molecule has 1 fully saturated rings. The Balaban J connectivity index is 0.000000254. The lowest BCUT2D eigenvalue weighted by atomic mass is 9.99. The van der Waals surface area contributed by atoms with Crippen LogP contribution in [-0.4, -0.2) is 41.6 Å². The van der Waals surface area contributed by atoms with Crippen LogP contribution in [0.3, 0.4) is 0 Å². The van der Waals surface area contributed by atoms with Gasteiger partial charge >= 0.3 is 0 Å². The van der Waals surface area contributed by atoms with Crippen molar-refractivity contribution in [3.63, 3.8) is 0 Å². The number of piperidine rings is 1. The molecule has 5 heteroatoms. The van der Waals surface area contributed by atoms with Crippen LogP contribution in [0.2, 0.25) is 0 Å². The van der Waals surface area contributed by atoms with Crippen molar-refractivity contribution in [2.24, 2.45) is 10.9 Å². The number of aromatic nitrogens is 1. The number of nitrogens with zero attached hydrogens (tertiary/aromatic N) is 3. The highest BCUT2D eigenvalue weighted by atomic mass is 32.1. The molecule has 0 bridgehead atoms. The molecule has 4 rings (SSSR count). The second-order valence-corrected chi connectivity index (χ2v) is 8.82. The molecule has 1 aromatic heterocycles. The first-order valence-electron chi connectivity index (χ1n) is 11.1. The second-order valence-electron chi connectivity index (χ2n) is 8.33. The van der Waals surface area contributed by atoms with E-state index in [1.165, 1.54) is 31.4 Å². The molecule has 0 unspecified atom stereocenters. The van der Waals surface area contributed by atoms with E-state index >= 15 is 0 Å². The van der Waals surface area contributed by atoms with Crippen LogP contribution < -0.4 is 0 Å². The number of aliphatic imine (C=N–C) groups is 1. The van der Waals surface area contributed by atoms with Crippen molar-refractivity contribution in [3.05, 3.63) is 60.3 Å². The lowest BCUT2D eigenvalue weighted by Crippen LogP contribution is -2.33. The summed E-state index contributed by atoms with van der Waals surface area (Å²) in [5.41, 5.74) is 2.86. The van der Waals surface area contributed by atoms with Gasteiger partial charge in [0.05, 0.1) is 5.69 Å². The fourth-order valence-electron chi connectivity index (χ4n) is 4.06. The van der Waals surface area contributed by atoms with Crippen molar-refractivity contribution in [1.29, 1.82) is 0 Å². The van der Waals surface area contributed by atoms with Crippen LogP contribution in [0.25, 0.3) is 10.9 Å². The van der Waals surface area contributed by atoms with E-state index in [4.69, 9.17) is 0 Å². The Hall–Kier alpha value is -2.37. The maximum Gasteiger partial charge on any atom is 0.161 e. The molecular weight excluding hydrogens is 402 g/mol. The number of fused-ring (bicyclic) bond motifs is 1. The molecule has 0 aliphatic carbocycles. The highest BCUT2D eigenvalue weighted by Gasteiger charge is 2.15. The standard InChI is InChI=1S/C19H26N2O.C7H7NS/c1-15-8-12-20(13-9-15)10-5-11-21-14-18(16(2)22)17-6-3-4-7-19(17)21;1-8-6-4-2-3-5-7(6)9/h3-4,6-7,14-15H,5,8-13H2,1-2H3;2-5,9H,1H2. The van der Waals surface area contributed by atoms with E-state index < -0.39 is 0 Å². The van der Waals surface area contributed by atoms with Gasteiger partial charge in [0, 0.05) is 34.1 Å². The van der Waals surface area contributed by atoms with Gasteiger partial charge in [-0.15, -0.1) is 12.6 Å². The highest BCUT2D eigenvalue weighted by Crippen LogP contribution is 2.23. The third-order valence-electron chi connectivity index (χ3n) is 5.97. The summed E-state index contributed by atoms with van der Waals surface area (Å²) in [5.74, 6) is 1.04. The molecule has 0 atom stereocenters. The zero-order valence-corrected chi connectivity index (χ0v) is 19.5. The molecule has 0 spiro atoms. The predicted octanol–water partition coefficient (Wildman–Crippen LogP) is 6.27. The molecular formula is C26H33N3OS. The number of hydrogen-bond acceptors (Lipinski definition) is 4. The molecule has 4 nitrogen and oxygen atoms in total. The monoisotopic (exact) mass is 435 g/mol. The number of ketones is 1. The number of aryl methyl sites for hydroxylation is 1. The van der Waals surface area contributed by atoms with Crippen LogP contribution in [0, 0.1) is 5.92 Å². The minimum absolute atomic E-state index is 0.153. The average molecular weight is 436 g/mol. The van der Waals surface area contributed by atoms with Crippen molar-refractivity contribution in [2.75, 3.05) is 19.6 Å². The van der Waals surface area contributed by atoms with Crippen LogP contribution in [0.1, 0.15) is 43.5 Å². The quantitative estimate of drug-likeness (QED) is 0.281. The topological polar surface area (TPSA) is 37.6 Å². The Kier molecular flexibility index (Phi) is 8.50. The van der Waals surface area contributed by atoms with E-state index in [0.717, 1.165) is 47.0 Å². The van der Waals surface area contributed by atoms with Gasteiger partial charge in [-0.1, -0.05) is 37.3 Å². The van der Waals surface area contributed by atoms with Crippen molar-refractivity contribution in [1.82, 2.24) is 9.47 Å². The fraction of sp³-hybridized carbons (Fsp3) is 0.385. The van der Waals surface area contributed by atoms with Crippen molar-refractivity contribution < 1.29 is 4.79 Å². The summed E-state index contributed by atoms with van der Waals surface area (Å²) in [7, 11) is 0. The van der Waals surface area contributed by atoms with Gasteiger partial charge in [0.2, 0.25) is 0 Å². The van der Waals surface area contributed by atoms with Crippen LogP contribution in [-0.2, 0) is 6.54 Å².